The Morgan fingerprint density at radius 3 is 2.62 bits per heavy atom. The number of morpholine rings is 1. The van der Waals surface area contributed by atoms with Crippen molar-refractivity contribution in [3.8, 4) is 0 Å². The molecule has 29 heavy (non-hydrogen) atoms. The van der Waals surface area contributed by atoms with Crippen molar-refractivity contribution in [3.05, 3.63) is 11.4 Å². The summed E-state index contributed by atoms with van der Waals surface area (Å²) in [4.78, 5) is 36.1. The average Bonchev–Trinajstić information content (AvgIpc) is 3.22. The quantitative estimate of drug-likeness (QED) is 0.615. The number of hydrogen-bond donors (Lipinski definition) is 0. The number of amides is 3. The van der Waals surface area contributed by atoms with Gasteiger partial charge in [0.05, 0.1) is 26.4 Å². The Hall–Kier alpha value is -2.30. The van der Waals surface area contributed by atoms with Crippen molar-refractivity contribution >= 4 is 23.7 Å². The third-order valence-corrected chi connectivity index (χ3v) is 6.09. The number of carbonyl (C=O) groups is 2. The molecular formula is C19H29N6O4+. The van der Waals surface area contributed by atoms with E-state index < -0.39 is 6.04 Å². The van der Waals surface area contributed by atoms with Crippen LogP contribution in [-0.2, 0) is 20.8 Å². The molecule has 0 N–H and O–H groups in total. The highest BCUT2D eigenvalue weighted by molar-refractivity contribution is 6.20. The number of likely N-dealkylation sites (N-methyl/N-ethyl adjacent to an activating group) is 1. The Bertz CT molecular complexity index is 857. The van der Waals surface area contributed by atoms with Gasteiger partial charge in [-0.05, 0) is 13.8 Å². The Kier molecular flexibility index (Phi) is 5.41. The number of rotatable bonds is 6. The van der Waals surface area contributed by atoms with Crippen molar-refractivity contribution in [1.29, 1.82) is 0 Å². The molecule has 1 aromatic heterocycles. The van der Waals surface area contributed by atoms with Gasteiger partial charge in [-0.25, -0.2) is 13.9 Å². The second-order valence-electron chi connectivity index (χ2n) is 7.64. The first-order valence-electron chi connectivity index (χ1n) is 10.0. The number of amidine groups is 1. The second kappa shape index (κ2) is 7.85. The molecule has 0 radical (unpaired) electrons. The number of nitrogens with zero attached hydrogens (tertiary/aromatic N) is 6. The van der Waals surface area contributed by atoms with E-state index in [-0.39, 0.29) is 11.9 Å². The molecule has 4 heterocycles. The molecule has 2 fully saturated rings. The lowest BCUT2D eigenvalue weighted by atomic mass is 10.1. The van der Waals surface area contributed by atoms with Crippen molar-refractivity contribution in [1.82, 2.24) is 19.3 Å². The SMILES string of the molecule is COCC[n+]1c(C)c(C)n2c1N=C1C2C(=O)N(CCN2CCOCC2)C(=O)N1C. The summed E-state index contributed by atoms with van der Waals surface area (Å²) in [6, 6.07) is -0.915. The van der Waals surface area contributed by atoms with Crippen LogP contribution in [0.1, 0.15) is 17.4 Å². The molecular weight excluding hydrogens is 376 g/mol. The number of imide groups is 1. The van der Waals surface area contributed by atoms with Crippen LogP contribution in [-0.4, -0.2) is 97.2 Å². The Labute approximate surface area is 170 Å². The maximum absolute atomic E-state index is 13.4. The van der Waals surface area contributed by atoms with Gasteiger partial charge >= 0.3 is 12.0 Å². The Morgan fingerprint density at radius 1 is 1.21 bits per heavy atom. The normalized spacial score (nSPS) is 22.2. The lowest BCUT2D eigenvalue weighted by molar-refractivity contribution is -0.690. The Morgan fingerprint density at radius 2 is 1.93 bits per heavy atom. The van der Waals surface area contributed by atoms with Gasteiger partial charge in [-0.3, -0.25) is 19.5 Å². The van der Waals surface area contributed by atoms with Crippen LogP contribution in [0, 0.1) is 13.8 Å². The van der Waals surface area contributed by atoms with Crippen LogP contribution in [0.25, 0.3) is 0 Å². The Balaban J connectivity index is 1.61. The monoisotopic (exact) mass is 405 g/mol. The minimum atomic E-state index is -0.597. The molecule has 10 nitrogen and oxygen atoms in total. The number of aromatic nitrogens is 2. The lowest BCUT2D eigenvalue weighted by Crippen LogP contribution is -2.59. The predicted molar refractivity (Wildman–Crippen MR) is 104 cm³/mol. The topological polar surface area (TPSA) is 83.5 Å². The maximum Gasteiger partial charge on any atom is 0.402 e. The number of methoxy groups -OCH3 is 1. The van der Waals surface area contributed by atoms with Gasteiger partial charge in [0.15, 0.2) is 0 Å². The van der Waals surface area contributed by atoms with Gasteiger partial charge in [0.25, 0.3) is 5.91 Å². The first-order valence-corrected chi connectivity index (χ1v) is 10.0. The highest BCUT2D eigenvalue weighted by Crippen LogP contribution is 2.35. The van der Waals surface area contributed by atoms with Crippen molar-refractivity contribution in [3.63, 3.8) is 0 Å². The number of carbonyl (C=O) groups excluding carboxylic acids is 2. The van der Waals surface area contributed by atoms with E-state index in [9.17, 15) is 9.59 Å². The van der Waals surface area contributed by atoms with Crippen LogP contribution >= 0.6 is 0 Å². The zero-order chi connectivity index (χ0) is 20.7. The molecule has 10 heteroatoms. The molecule has 3 aliphatic rings. The van der Waals surface area contributed by atoms with Gasteiger partial charge < -0.3 is 9.47 Å². The molecule has 0 aliphatic carbocycles. The molecule has 3 aliphatic heterocycles. The highest BCUT2D eigenvalue weighted by atomic mass is 16.5. The van der Waals surface area contributed by atoms with Crippen molar-refractivity contribution in [2.24, 2.45) is 4.99 Å². The van der Waals surface area contributed by atoms with Gasteiger partial charge in [-0.15, -0.1) is 0 Å². The zero-order valence-corrected chi connectivity index (χ0v) is 17.6. The summed E-state index contributed by atoms with van der Waals surface area (Å²) < 4.78 is 14.6. The molecule has 0 saturated carbocycles. The van der Waals surface area contributed by atoms with Crippen LogP contribution in [0.15, 0.2) is 4.99 Å². The molecule has 1 aromatic rings. The summed E-state index contributed by atoms with van der Waals surface area (Å²) in [5.41, 5.74) is 2.02. The van der Waals surface area contributed by atoms with E-state index >= 15 is 0 Å². The molecule has 1 unspecified atom stereocenters. The average molecular weight is 405 g/mol. The summed E-state index contributed by atoms with van der Waals surface area (Å²) >= 11 is 0. The van der Waals surface area contributed by atoms with Gasteiger partial charge in [-0.1, -0.05) is 4.99 Å². The van der Waals surface area contributed by atoms with Gasteiger partial charge in [0.1, 0.15) is 11.4 Å². The van der Waals surface area contributed by atoms with Gasteiger partial charge in [0.2, 0.25) is 11.9 Å². The van der Waals surface area contributed by atoms with Gasteiger partial charge in [-0.2, -0.15) is 0 Å². The standard InChI is InChI=1S/C19H29N6O4/c1-13-14(2)25-15-16(20-18(25)23(13)9-10-28-4)21(3)19(27)24(17(15)26)6-5-22-7-11-29-12-8-22/h15H,5-12H2,1-4H3/q+1. The first-order chi connectivity index (χ1) is 14.0. The highest BCUT2D eigenvalue weighted by Gasteiger charge is 2.54. The van der Waals surface area contributed by atoms with Crippen molar-refractivity contribution in [2.45, 2.75) is 26.4 Å². The molecule has 0 spiro atoms. The molecule has 2 saturated heterocycles. The minimum absolute atomic E-state index is 0.212. The number of urea groups is 1. The lowest BCUT2D eigenvalue weighted by Gasteiger charge is -2.35. The molecule has 4 rings (SSSR count). The number of fused-ring (bicyclic) bond motifs is 3. The van der Waals surface area contributed by atoms with Crippen LogP contribution in [0.2, 0.25) is 0 Å². The third-order valence-electron chi connectivity index (χ3n) is 6.09. The molecule has 3 amide bonds. The van der Waals surface area contributed by atoms with Crippen LogP contribution in [0.3, 0.4) is 0 Å². The van der Waals surface area contributed by atoms with E-state index in [1.54, 1.807) is 14.2 Å². The summed E-state index contributed by atoms with van der Waals surface area (Å²) in [5, 5.41) is 0. The summed E-state index contributed by atoms with van der Waals surface area (Å²) in [6.45, 7) is 9.23. The summed E-state index contributed by atoms with van der Waals surface area (Å²) in [7, 11) is 3.35. The van der Waals surface area contributed by atoms with Crippen molar-refractivity contribution < 1.29 is 23.6 Å². The third kappa shape index (κ3) is 3.24. The predicted octanol–water partition coefficient (Wildman–Crippen LogP) is -0.150. The zero-order valence-electron chi connectivity index (χ0n) is 17.6. The fraction of sp³-hybridized carbons (Fsp3) is 0.684. The minimum Gasteiger partial charge on any atom is -0.381 e. The van der Waals surface area contributed by atoms with Crippen LogP contribution < -0.4 is 4.57 Å². The first kappa shape index (κ1) is 20.0. The molecule has 0 aromatic carbocycles. The fourth-order valence-corrected chi connectivity index (χ4v) is 4.22. The molecule has 0 bridgehead atoms. The molecule has 158 valence electrons. The summed E-state index contributed by atoms with van der Waals surface area (Å²) in [6.07, 6.45) is 0. The van der Waals surface area contributed by atoms with E-state index in [2.05, 4.69) is 4.90 Å². The van der Waals surface area contributed by atoms with Crippen molar-refractivity contribution in [2.75, 3.05) is 60.2 Å². The number of hydrogen-bond acceptors (Lipinski definition) is 6. The number of aliphatic imine (C=N–C) groups is 1. The maximum atomic E-state index is 13.4. The number of imidazole rings is 1. The van der Waals surface area contributed by atoms with E-state index in [1.165, 1.54) is 9.80 Å². The van der Waals surface area contributed by atoms with Crippen LogP contribution in [0.5, 0.6) is 0 Å². The largest absolute Gasteiger partial charge is 0.402 e. The smallest absolute Gasteiger partial charge is 0.381 e. The fourth-order valence-electron chi connectivity index (χ4n) is 4.22. The van der Waals surface area contributed by atoms with Crippen LogP contribution in [0.4, 0.5) is 10.7 Å². The van der Waals surface area contributed by atoms with E-state index in [0.29, 0.717) is 51.2 Å². The number of ether oxygens (including phenoxy) is 2. The van der Waals surface area contributed by atoms with E-state index in [4.69, 9.17) is 14.5 Å². The summed E-state index contributed by atoms with van der Waals surface area (Å²) in [5.74, 6) is 0.975. The second-order valence-corrected chi connectivity index (χ2v) is 7.64. The molecule has 1 atom stereocenters. The van der Waals surface area contributed by atoms with E-state index in [0.717, 1.165) is 24.5 Å². The van der Waals surface area contributed by atoms with Gasteiger partial charge in [0, 0.05) is 40.3 Å². The van der Waals surface area contributed by atoms with E-state index in [1.807, 2.05) is 23.0 Å².